The third-order valence-electron chi connectivity index (χ3n) is 3.47. The number of rotatable bonds is 4. The number of esters is 1. The van der Waals surface area contributed by atoms with E-state index >= 15 is 0 Å². The molecule has 1 aromatic rings. The number of hydrogen-bond donors (Lipinski definition) is 0. The molecule has 0 aromatic heterocycles. The van der Waals surface area contributed by atoms with Gasteiger partial charge in [0.05, 0.1) is 7.11 Å². The van der Waals surface area contributed by atoms with Gasteiger partial charge in [-0.2, -0.15) is 0 Å². The first kappa shape index (κ1) is 13.7. The van der Waals surface area contributed by atoms with Crippen LogP contribution in [0.3, 0.4) is 0 Å². The van der Waals surface area contributed by atoms with Crippen molar-refractivity contribution in [3.63, 3.8) is 0 Å². The maximum absolute atomic E-state index is 11.2. The molecule has 3 nitrogen and oxygen atoms in total. The largest absolute Gasteiger partial charge is 0.490 e. The van der Waals surface area contributed by atoms with Crippen LogP contribution >= 0.6 is 0 Å². The van der Waals surface area contributed by atoms with Gasteiger partial charge in [0.2, 0.25) is 0 Å². The van der Waals surface area contributed by atoms with Crippen LogP contribution in [0.5, 0.6) is 5.75 Å². The van der Waals surface area contributed by atoms with Crippen LogP contribution in [0, 0.1) is 0 Å². The van der Waals surface area contributed by atoms with Gasteiger partial charge in [-0.15, -0.1) is 0 Å². The smallest absolute Gasteiger partial charge is 0.333 e. The summed E-state index contributed by atoms with van der Waals surface area (Å²) in [4.78, 5) is 11.2. The minimum Gasteiger partial charge on any atom is -0.490 e. The van der Waals surface area contributed by atoms with Crippen molar-refractivity contribution < 1.29 is 14.3 Å². The Balaban J connectivity index is 1.95. The maximum Gasteiger partial charge on any atom is 0.333 e. The fourth-order valence-electron chi connectivity index (χ4n) is 2.31. The number of carbonyl (C=O) groups excluding carboxylic acids is 1. The molecule has 0 aliphatic heterocycles. The molecule has 0 unspecified atom stereocenters. The molecule has 0 amide bonds. The summed E-state index contributed by atoms with van der Waals surface area (Å²) in [6.07, 6.45) is 6.61. The number of benzene rings is 1. The molecule has 1 aliphatic carbocycles. The number of carbonyl (C=O) groups is 1. The van der Waals surface area contributed by atoms with Crippen LogP contribution in [-0.4, -0.2) is 19.7 Å². The minimum atomic E-state index is -0.311. The molecule has 0 fully saturated rings. The number of methoxy groups -OCH3 is 1. The van der Waals surface area contributed by atoms with Crippen molar-refractivity contribution in [2.45, 2.75) is 32.6 Å². The number of ether oxygens (including phenoxy) is 2. The average Bonchev–Trinajstić information content (AvgIpc) is 2.46. The molecule has 3 heteroatoms. The molecular weight excluding hydrogens is 240 g/mol. The summed E-state index contributed by atoms with van der Waals surface area (Å²) in [5.74, 6) is 0.559. The van der Waals surface area contributed by atoms with E-state index in [4.69, 9.17) is 4.74 Å². The Kier molecular flexibility index (Phi) is 4.61. The van der Waals surface area contributed by atoms with Gasteiger partial charge in [-0.3, -0.25) is 0 Å². The van der Waals surface area contributed by atoms with Gasteiger partial charge in [0.25, 0.3) is 0 Å². The summed E-state index contributed by atoms with van der Waals surface area (Å²) in [5, 5.41) is 0. The van der Waals surface area contributed by atoms with Crippen LogP contribution in [0.15, 0.2) is 29.8 Å². The van der Waals surface area contributed by atoms with Gasteiger partial charge >= 0.3 is 5.97 Å². The van der Waals surface area contributed by atoms with Crippen molar-refractivity contribution in [1.29, 1.82) is 0 Å². The number of aryl methyl sites for hydroxylation is 2. The standard InChI is InChI=1S/C16H20O3/c1-12(16(17)18-2)9-10-19-15-8-7-13-5-3-4-6-14(13)11-15/h7-9,11H,3-6,10H2,1-2H3. The summed E-state index contributed by atoms with van der Waals surface area (Å²) < 4.78 is 10.3. The second-order valence-corrected chi connectivity index (χ2v) is 4.83. The minimum absolute atomic E-state index is 0.311. The lowest BCUT2D eigenvalue weighted by Crippen LogP contribution is -2.05. The van der Waals surface area contributed by atoms with E-state index in [1.807, 2.05) is 6.07 Å². The quantitative estimate of drug-likeness (QED) is 0.616. The summed E-state index contributed by atoms with van der Waals surface area (Å²) in [7, 11) is 1.38. The van der Waals surface area contributed by atoms with E-state index in [2.05, 4.69) is 16.9 Å². The number of fused-ring (bicyclic) bond motifs is 1. The molecule has 0 heterocycles. The highest BCUT2D eigenvalue weighted by Crippen LogP contribution is 2.25. The predicted octanol–water partition coefficient (Wildman–Crippen LogP) is 3.06. The van der Waals surface area contributed by atoms with Gasteiger partial charge in [-0.1, -0.05) is 6.07 Å². The molecule has 102 valence electrons. The van der Waals surface area contributed by atoms with Gasteiger partial charge < -0.3 is 9.47 Å². The lowest BCUT2D eigenvalue weighted by atomic mass is 9.92. The molecule has 2 rings (SSSR count). The Bertz CT molecular complexity index is 489. The van der Waals surface area contributed by atoms with Gasteiger partial charge in [-0.05, 0) is 61.9 Å². The fourth-order valence-corrected chi connectivity index (χ4v) is 2.31. The Morgan fingerprint density at radius 1 is 1.26 bits per heavy atom. The second kappa shape index (κ2) is 6.41. The molecule has 0 radical (unpaired) electrons. The first-order valence-electron chi connectivity index (χ1n) is 6.70. The lowest BCUT2D eigenvalue weighted by Gasteiger charge is -2.16. The summed E-state index contributed by atoms with van der Waals surface area (Å²) in [5.41, 5.74) is 3.41. The topological polar surface area (TPSA) is 35.5 Å². The van der Waals surface area contributed by atoms with Crippen LogP contribution in [0.2, 0.25) is 0 Å². The Hall–Kier alpha value is -1.77. The third kappa shape index (κ3) is 3.60. The molecule has 0 saturated heterocycles. The second-order valence-electron chi connectivity index (χ2n) is 4.83. The fraction of sp³-hybridized carbons (Fsp3) is 0.438. The molecule has 19 heavy (non-hydrogen) atoms. The molecule has 0 spiro atoms. The first-order chi connectivity index (χ1) is 9.20. The highest BCUT2D eigenvalue weighted by Gasteiger charge is 2.09. The maximum atomic E-state index is 11.2. The molecule has 0 bridgehead atoms. The predicted molar refractivity (Wildman–Crippen MR) is 74.4 cm³/mol. The van der Waals surface area contributed by atoms with Crippen molar-refractivity contribution in [2.24, 2.45) is 0 Å². The van der Waals surface area contributed by atoms with Crippen LogP contribution in [0.1, 0.15) is 30.9 Å². The Labute approximate surface area is 114 Å². The summed E-state index contributed by atoms with van der Waals surface area (Å²) >= 11 is 0. The van der Waals surface area contributed by atoms with E-state index < -0.39 is 0 Å². The Morgan fingerprint density at radius 2 is 2.00 bits per heavy atom. The molecule has 0 N–H and O–H groups in total. The molecule has 1 aliphatic rings. The zero-order chi connectivity index (χ0) is 13.7. The van der Waals surface area contributed by atoms with Crippen LogP contribution in [-0.2, 0) is 22.4 Å². The van der Waals surface area contributed by atoms with E-state index in [9.17, 15) is 4.79 Å². The van der Waals surface area contributed by atoms with Crippen molar-refractivity contribution in [2.75, 3.05) is 13.7 Å². The third-order valence-corrected chi connectivity index (χ3v) is 3.47. The SMILES string of the molecule is COC(=O)C(C)=CCOc1ccc2c(c1)CCCC2. The highest BCUT2D eigenvalue weighted by atomic mass is 16.5. The van der Waals surface area contributed by atoms with Gasteiger partial charge in [-0.25, -0.2) is 4.79 Å². The molecule has 0 atom stereocenters. The van der Waals surface area contributed by atoms with Crippen LogP contribution in [0.4, 0.5) is 0 Å². The summed E-state index contributed by atoms with van der Waals surface area (Å²) in [6.45, 7) is 2.11. The van der Waals surface area contributed by atoms with E-state index in [1.54, 1.807) is 13.0 Å². The zero-order valence-electron chi connectivity index (χ0n) is 11.6. The van der Waals surface area contributed by atoms with E-state index in [-0.39, 0.29) is 5.97 Å². The van der Waals surface area contributed by atoms with Crippen molar-refractivity contribution in [1.82, 2.24) is 0 Å². The highest BCUT2D eigenvalue weighted by molar-refractivity contribution is 5.87. The van der Waals surface area contributed by atoms with Gasteiger partial charge in [0, 0.05) is 5.57 Å². The average molecular weight is 260 g/mol. The normalized spacial score (nSPS) is 14.7. The van der Waals surface area contributed by atoms with Crippen molar-refractivity contribution >= 4 is 5.97 Å². The van der Waals surface area contributed by atoms with Crippen molar-refractivity contribution in [3.8, 4) is 5.75 Å². The first-order valence-corrected chi connectivity index (χ1v) is 6.70. The Morgan fingerprint density at radius 3 is 2.74 bits per heavy atom. The van der Waals surface area contributed by atoms with E-state index in [0.717, 1.165) is 12.2 Å². The van der Waals surface area contributed by atoms with E-state index in [0.29, 0.717) is 12.2 Å². The lowest BCUT2D eigenvalue weighted by molar-refractivity contribution is -0.136. The molecule has 1 aromatic carbocycles. The molecular formula is C16H20O3. The van der Waals surface area contributed by atoms with Crippen LogP contribution < -0.4 is 4.74 Å². The monoisotopic (exact) mass is 260 g/mol. The molecule has 0 saturated carbocycles. The van der Waals surface area contributed by atoms with Crippen molar-refractivity contribution in [3.05, 3.63) is 41.0 Å². The zero-order valence-corrected chi connectivity index (χ0v) is 11.6. The summed E-state index contributed by atoms with van der Waals surface area (Å²) in [6, 6.07) is 6.28. The van der Waals surface area contributed by atoms with Gasteiger partial charge in [0.1, 0.15) is 12.4 Å². The van der Waals surface area contributed by atoms with Gasteiger partial charge in [0.15, 0.2) is 0 Å². The number of hydrogen-bond acceptors (Lipinski definition) is 3. The van der Waals surface area contributed by atoms with Crippen LogP contribution in [0.25, 0.3) is 0 Å². The van der Waals surface area contributed by atoms with E-state index in [1.165, 1.54) is 37.5 Å².